The minimum absolute atomic E-state index is 0. The van der Waals surface area contributed by atoms with Gasteiger partial charge in [-0.05, 0) is 76.5 Å². The zero-order chi connectivity index (χ0) is 39.8. The second kappa shape index (κ2) is 15.4. The Bertz CT molecular complexity index is 2530. The van der Waals surface area contributed by atoms with Crippen LogP contribution in [0.1, 0.15) is 70.0 Å². The second-order valence-electron chi connectivity index (χ2n) is 12.8. The van der Waals surface area contributed by atoms with E-state index in [2.05, 4.69) is 103 Å². The Morgan fingerprint density at radius 1 is 0.765 bits per heavy atom. The fraction of sp³-hybridized carbons (Fsp3) is 0.178. The van der Waals surface area contributed by atoms with Crippen molar-refractivity contribution in [2.75, 3.05) is 0 Å². The Morgan fingerprint density at radius 3 is 2.18 bits per heavy atom. The van der Waals surface area contributed by atoms with Crippen LogP contribution in [0.2, 0.25) is 0 Å². The second-order valence-corrected chi connectivity index (χ2v) is 12.8. The molecule has 0 saturated carbocycles. The van der Waals surface area contributed by atoms with Gasteiger partial charge in [0.2, 0.25) is 0 Å². The van der Waals surface area contributed by atoms with Crippen LogP contribution < -0.4 is 0 Å². The molecule has 51 heavy (non-hydrogen) atoms. The average Bonchev–Trinajstić information content (AvgIpc) is 3.78. The number of nitrogens with zero attached hydrogens (tertiary/aromatic N) is 4. The summed E-state index contributed by atoms with van der Waals surface area (Å²) in [6, 6.07) is 35.7. The molecule has 0 atom stereocenters. The van der Waals surface area contributed by atoms with E-state index in [1.54, 1.807) is 12.1 Å². The first-order chi connectivity index (χ1) is 26.7. The van der Waals surface area contributed by atoms with Crippen molar-refractivity contribution in [3.63, 3.8) is 0 Å². The van der Waals surface area contributed by atoms with Crippen LogP contribution in [-0.4, -0.2) is 19.5 Å². The van der Waals surface area contributed by atoms with Crippen LogP contribution in [-0.2, 0) is 20.1 Å². The molecule has 0 aliphatic rings. The first-order valence-electron chi connectivity index (χ1n) is 19.7. The Balaban J connectivity index is 0.000000223. The number of rotatable bonds is 6. The van der Waals surface area contributed by atoms with Gasteiger partial charge >= 0.3 is 0 Å². The normalized spacial score (nSPS) is 13.4. The first kappa shape index (κ1) is 28.5. The zero-order valence-corrected chi connectivity index (χ0v) is 31.1. The Morgan fingerprint density at radius 2 is 1.51 bits per heavy atom. The summed E-state index contributed by atoms with van der Waals surface area (Å²) in [5.74, 6) is 1.56. The summed E-state index contributed by atoms with van der Waals surface area (Å²) in [6.45, 7) is 4.67. The van der Waals surface area contributed by atoms with Gasteiger partial charge in [0, 0.05) is 64.5 Å². The van der Waals surface area contributed by atoms with Crippen LogP contribution in [0.5, 0.6) is 0 Å². The van der Waals surface area contributed by atoms with E-state index in [4.69, 9.17) is 17.6 Å². The van der Waals surface area contributed by atoms with Crippen LogP contribution in [0.15, 0.2) is 126 Å². The molecule has 1 radical (unpaired) electrons. The molecule has 0 spiro atoms. The molecule has 8 aromatic rings. The van der Waals surface area contributed by atoms with Gasteiger partial charge in [0.1, 0.15) is 0 Å². The van der Waals surface area contributed by atoms with Gasteiger partial charge in [-0.15, -0.1) is 35.4 Å². The smallest absolute Gasteiger partial charge is 0.0774 e. The summed E-state index contributed by atoms with van der Waals surface area (Å²) in [4.78, 5) is 13.4. The number of aryl methyl sites for hydroxylation is 2. The minimum Gasteiger partial charge on any atom is -0.557 e. The van der Waals surface area contributed by atoms with Crippen molar-refractivity contribution in [3.05, 3.63) is 156 Å². The van der Waals surface area contributed by atoms with Crippen molar-refractivity contribution >= 4 is 22.0 Å². The molecule has 0 saturated heterocycles. The molecule has 0 amide bonds. The number of imidazole rings is 1. The molecule has 0 N–H and O–H groups in total. The van der Waals surface area contributed by atoms with Crippen molar-refractivity contribution < 1.29 is 32.7 Å². The predicted octanol–water partition coefficient (Wildman–Crippen LogP) is 11.7. The summed E-state index contributed by atoms with van der Waals surface area (Å²) in [5.41, 5.74) is 11.3. The third-order valence-corrected chi connectivity index (χ3v) is 8.73. The van der Waals surface area contributed by atoms with Gasteiger partial charge < -0.3 is 14.0 Å². The molecular formula is C45H40IrN4O-2. The van der Waals surface area contributed by atoms with Crippen LogP contribution in [0.4, 0.5) is 0 Å². The van der Waals surface area contributed by atoms with Crippen LogP contribution >= 0.6 is 0 Å². The molecule has 4 aromatic carbocycles. The molecule has 4 aromatic heterocycles. The maximum Gasteiger partial charge on any atom is 0.0774 e. The summed E-state index contributed by atoms with van der Waals surface area (Å²) in [7, 11) is 0. The molecule has 257 valence electrons. The van der Waals surface area contributed by atoms with E-state index in [0.717, 1.165) is 44.5 Å². The summed E-state index contributed by atoms with van der Waals surface area (Å²) in [6.07, 6.45) is 8.14. The van der Waals surface area contributed by atoms with Crippen LogP contribution in [0.3, 0.4) is 0 Å². The van der Waals surface area contributed by atoms with Crippen LogP contribution in [0, 0.1) is 26.0 Å². The standard InChI is InChI=1S/C32H28N3O.C13H12N.Ir/c1-20(2)24-8-7-9-25(21(3)4)31(24)35-29-11-6-5-10-28(29)34-32(35)27-19-36-30-13-12-23(18-26(27)30)22-14-16-33-17-15-22;1-10-3-6-12(7-4-10)13-8-5-11(2)9-14-13;/h5-18,20-21H,1-4H3;3-6,8-9H,1-2H3;/q2*-1;/i;1D3,2D3;. The number of fused-ring (bicyclic) bond motifs is 2. The molecule has 5 nitrogen and oxygen atoms in total. The fourth-order valence-electron chi connectivity index (χ4n) is 6.19. The van der Waals surface area contributed by atoms with Gasteiger partial charge in [0.25, 0.3) is 0 Å². The molecule has 0 aliphatic heterocycles. The number of pyridine rings is 2. The molecule has 0 fully saturated rings. The maximum absolute atomic E-state index is 7.28. The summed E-state index contributed by atoms with van der Waals surface area (Å²) < 4.78 is 51.9. The van der Waals surface area contributed by atoms with Crippen molar-refractivity contribution in [1.82, 2.24) is 19.5 Å². The Labute approximate surface area is 322 Å². The van der Waals surface area contributed by atoms with Crippen molar-refractivity contribution in [3.8, 4) is 39.5 Å². The number of furan rings is 1. The molecular weight excluding hydrogens is 805 g/mol. The number of hydrogen-bond acceptors (Lipinski definition) is 4. The monoisotopic (exact) mass is 851 g/mol. The number of para-hydroxylation sites is 3. The molecule has 4 heterocycles. The quantitative estimate of drug-likeness (QED) is 0.156. The molecule has 8 rings (SSSR count). The van der Waals surface area contributed by atoms with E-state index in [-0.39, 0.29) is 31.2 Å². The molecule has 0 unspecified atom stereocenters. The van der Waals surface area contributed by atoms with E-state index in [1.165, 1.54) is 41.2 Å². The van der Waals surface area contributed by atoms with E-state index >= 15 is 0 Å². The van der Waals surface area contributed by atoms with Gasteiger partial charge in [-0.3, -0.25) is 9.97 Å². The Hall–Kier alpha value is -5.16. The topological polar surface area (TPSA) is 56.7 Å². The number of aromatic nitrogens is 4. The van der Waals surface area contributed by atoms with Gasteiger partial charge in [0.05, 0.1) is 16.9 Å². The van der Waals surface area contributed by atoms with E-state index in [9.17, 15) is 0 Å². The van der Waals surface area contributed by atoms with Gasteiger partial charge in [-0.2, -0.15) is 0 Å². The summed E-state index contributed by atoms with van der Waals surface area (Å²) in [5, 5.41) is 0.994. The van der Waals surface area contributed by atoms with Crippen molar-refractivity contribution in [2.45, 2.75) is 53.2 Å². The van der Waals surface area contributed by atoms with Gasteiger partial charge in [-0.25, -0.2) is 0 Å². The van der Waals surface area contributed by atoms with Gasteiger partial charge in [-0.1, -0.05) is 106 Å². The van der Waals surface area contributed by atoms with E-state index in [1.807, 2.05) is 36.7 Å². The van der Waals surface area contributed by atoms with Crippen LogP contribution in [0.25, 0.3) is 61.5 Å². The molecule has 6 heteroatoms. The Kier molecular flexibility index (Phi) is 8.61. The SMILES string of the molecule is CC(C)c1cccc(C(C)C)c1-n1c(-c2[c-]oc3ccc(-c4ccncc4)cc23)nc2ccccc21.[2H]C([2H])([2H])c1c[c-]c(-c2ccc(C([2H])([2H])[2H])cn2)cc1.[Ir]. The fourth-order valence-corrected chi connectivity index (χ4v) is 6.19. The van der Waals surface area contributed by atoms with Crippen molar-refractivity contribution in [1.29, 1.82) is 0 Å². The minimum atomic E-state index is -2.18. The average molecular weight is 851 g/mol. The zero-order valence-electron chi connectivity index (χ0n) is 34.7. The predicted molar refractivity (Wildman–Crippen MR) is 205 cm³/mol. The largest absolute Gasteiger partial charge is 0.557 e. The van der Waals surface area contributed by atoms with E-state index < -0.39 is 13.7 Å². The van der Waals surface area contributed by atoms with Crippen molar-refractivity contribution in [2.24, 2.45) is 0 Å². The molecule has 0 bridgehead atoms. The number of benzene rings is 4. The summed E-state index contributed by atoms with van der Waals surface area (Å²) >= 11 is 0. The van der Waals surface area contributed by atoms with Gasteiger partial charge in [0.15, 0.2) is 0 Å². The third kappa shape index (κ3) is 7.35. The van der Waals surface area contributed by atoms with E-state index in [0.29, 0.717) is 23.1 Å². The third-order valence-electron chi connectivity index (χ3n) is 8.73. The number of hydrogen-bond donors (Lipinski definition) is 0. The maximum atomic E-state index is 7.28. The molecule has 0 aliphatic carbocycles. The first-order valence-corrected chi connectivity index (χ1v) is 16.7.